The second-order valence-corrected chi connectivity index (χ2v) is 9.65. The van der Waals surface area contributed by atoms with Crippen molar-refractivity contribution < 1.29 is 36.3 Å². The summed E-state index contributed by atoms with van der Waals surface area (Å²) in [5, 5.41) is 9.93. The van der Waals surface area contributed by atoms with Gasteiger partial charge >= 0.3 is 12.1 Å². The molecule has 0 atom stereocenters. The number of aromatic amines is 1. The number of rotatable bonds is 6. The van der Waals surface area contributed by atoms with Crippen LogP contribution in [0.2, 0.25) is 0 Å². The molecule has 2 amide bonds. The number of hydrogen-bond acceptors (Lipinski definition) is 5. The van der Waals surface area contributed by atoms with E-state index in [1.54, 1.807) is 18.2 Å². The third-order valence-corrected chi connectivity index (χ3v) is 6.73. The van der Waals surface area contributed by atoms with Gasteiger partial charge in [-0.05, 0) is 72.9 Å². The number of nitrogen functional groups attached to an aromatic ring is 1. The molecule has 1 aromatic heterocycles. The van der Waals surface area contributed by atoms with Crippen LogP contribution in [0.1, 0.15) is 34.3 Å². The zero-order valence-electron chi connectivity index (χ0n) is 21.4. The van der Waals surface area contributed by atoms with Crippen LogP contribution in [-0.2, 0) is 16.0 Å². The Kier molecular flexibility index (Phi) is 7.63. The summed E-state index contributed by atoms with van der Waals surface area (Å²) in [7, 11) is 0. The van der Waals surface area contributed by atoms with Gasteiger partial charge in [0.15, 0.2) is 5.82 Å². The summed E-state index contributed by atoms with van der Waals surface area (Å²) in [6.45, 7) is 0.306. The van der Waals surface area contributed by atoms with Crippen molar-refractivity contribution in [3.63, 3.8) is 0 Å². The number of alkyl halides is 3. The molecule has 0 saturated carbocycles. The maximum absolute atomic E-state index is 13.7. The molecule has 13 heteroatoms. The molecule has 0 unspecified atom stereocenters. The predicted molar refractivity (Wildman–Crippen MR) is 141 cm³/mol. The summed E-state index contributed by atoms with van der Waals surface area (Å²) in [5.74, 6) is -4.29. The SMILES string of the molecule is Nc1ccc(C(=O)Nc2n[nH]c3ccc(Cc4cc(F)cc(F)c4)cc23)c(N(C(=O)C(F)(F)F)C2CCOCC2)c1. The highest BCUT2D eigenvalue weighted by molar-refractivity contribution is 6.13. The van der Waals surface area contributed by atoms with Gasteiger partial charge in [0, 0.05) is 36.4 Å². The normalized spacial score (nSPS) is 14.3. The zero-order chi connectivity index (χ0) is 29.3. The monoisotopic (exact) mass is 573 g/mol. The number of hydrogen-bond donors (Lipinski definition) is 3. The van der Waals surface area contributed by atoms with Crippen LogP contribution in [-0.4, -0.2) is 47.4 Å². The summed E-state index contributed by atoms with van der Waals surface area (Å²) in [4.78, 5) is 26.6. The number of ether oxygens (including phenoxy) is 1. The van der Waals surface area contributed by atoms with Gasteiger partial charge in [-0.15, -0.1) is 0 Å². The fraction of sp³-hybridized carbons (Fsp3) is 0.250. The summed E-state index contributed by atoms with van der Waals surface area (Å²) < 4.78 is 73.6. The standard InChI is InChI=1S/C28H24F5N5O3/c29-17-10-16(11-18(30)13-17)9-15-1-4-23-22(12-15)25(37-36-23)35-26(39)21-3-2-19(34)14-24(21)38(27(40)28(31,32)33)20-5-7-41-8-6-20/h1-4,10-14,20H,5-9,34H2,(H2,35,36,37,39). The minimum absolute atomic E-state index is 0.0623. The van der Waals surface area contributed by atoms with E-state index >= 15 is 0 Å². The molecule has 1 saturated heterocycles. The lowest BCUT2D eigenvalue weighted by Gasteiger charge is -2.35. The smallest absolute Gasteiger partial charge is 0.399 e. The summed E-state index contributed by atoms with van der Waals surface area (Å²) in [6.07, 6.45) is -4.74. The van der Waals surface area contributed by atoms with Crippen LogP contribution in [0.25, 0.3) is 10.9 Å². The molecule has 0 bridgehead atoms. The van der Waals surface area contributed by atoms with Gasteiger partial charge < -0.3 is 20.7 Å². The van der Waals surface area contributed by atoms with E-state index < -0.39 is 35.7 Å². The number of H-pyrrole nitrogens is 1. The Morgan fingerprint density at radius 1 is 1.00 bits per heavy atom. The van der Waals surface area contributed by atoms with Crippen molar-refractivity contribution in [3.05, 3.63) is 82.9 Å². The molecule has 0 radical (unpaired) electrons. The maximum atomic E-state index is 13.7. The predicted octanol–water partition coefficient (Wildman–Crippen LogP) is 5.34. The first-order valence-corrected chi connectivity index (χ1v) is 12.6. The molecule has 1 aliphatic rings. The van der Waals surface area contributed by atoms with Crippen LogP contribution in [0, 0.1) is 11.6 Å². The molecule has 5 rings (SSSR count). The van der Waals surface area contributed by atoms with E-state index in [4.69, 9.17) is 10.5 Å². The molecular formula is C28H24F5N5O3. The number of nitrogens with zero attached hydrogens (tertiary/aromatic N) is 2. The first-order chi connectivity index (χ1) is 19.5. The third kappa shape index (κ3) is 6.14. The number of benzene rings is 3. The van der Waals surface area contributed by atoms with Gasteiger partial charge in [-0.3, -0.25) is 14.7 Å². The van der Waals surface area contributed by atoms with E-state index in [1.165, 1.54) is 24.3 Å². The Morgan fingerprint density at radius 3 is 2.39 bits per heavy atom. The van der Waals surface area contributed by atoms with Gasteiger partial charge in [0.2, 0.25) is 0 Å². The molecule has 1 aliphatic heterocycles. The number of carbonyl (C=O) groups is 2. The lowest BCUT2D eigenvalue weighted by Crippen LogP contribution is -2.50. The van der Waals surface area contributed by atoms with Crippen molar-refractivity contribution in [1.29, 1.82) is 0 Å². The van der Waals surface area contributed by atoms with Gasteiger partial charge in [0.1, 0.15) is 11.6 Å². The fourth-order valence-electron chi connectivity index (χ4n) is 4.88. The number of halogens is 5. The van der Waals surface area contributed by atoms with Gasteiger partial charge in [0.05, 0.1) is 16.8 Å². The van der Waals surface area contributed by atoms with E-state index in [1.807, 2.05) is 0 Å². The van der Waals surface area contributed by atoms with E-state index in [-0.39, 0.29) is 55.2 Å². The molecular weight excluding hydrogens is 549 g/mol. The van der Waals surface area contributed by atoms with Crippen LogP contribution < -0.4 is 16.0 Å². The van der Waals surface area contributed by atoms with Gasteiger partial charge in [0.25, 0.3) is 5.91 Å². The van der Waals surface area contributed by atoms with E-state index in [0.29, 0.717) is 26.9 Å². The maximum Gasteiger partial charge on any atom is 0.471 e. The Hall–Kier alpha value is -4.52. The molecule has 214 valence electrons. The molecule has 4 aromatic rings. The summed E-state index contributed by atoms with van der Waals surface area (Å²) in [5.41, 5.74) is 7.02. The van der Waals surface area contributed by atoms with Crippen LogP contribution >= 0.6 is 0 Å². The Bertz CT molecular complexity index is 1590. The Morgan fingerprint density at radius 2 is 1.71 bits per heavy atom. The summed E-state index contributed by atoms with van der Waals surface area (Å²) in [6, 6.07) is 11.1. The second kappa shape index (κ2) is 11.2. The van der Waals surface area contributed by atoms with Crippen molar-refractivity contribution in [1.82, 2.24) is 10.2 Å². The number of amides is 2. The highest BCUT2D eigenvalue weighted by Crippen LogP contribution is 2.34. The number of carbonyl (C=O) groups excluding carboxylic acids is 2. The Balaban J connectivity index is 1.48. The van der Waals surface area contributed by atoms with E-state index in [0.717, 1.165) is 12.1 Å². The fourth-order valence-corrected chi connectivity index (χ4v) is 4.88. The average Bonchev–Trinajstić information content (AvgIpc) is 3.30. The van der Waals surface area contributed by atoms with Crippen LogP contribution in [0.15, 0.2) is 54.6 Å². The number of anilines is 3. The topological polar surface area (TPSA) is 113 Å². The van der Waals surface area contributed by atoms with Crippen molar-refractivity contribution in [3.8, 4) is 0 Å². The number of nitrogens with two attached hydrogens (primary N) is 1. The molecule has 3 aromatic carbocycles. The lowest BCUT2D eigenvalue weighted by atomic mass is 10.0. The minimum Gasteiger partial charge on any atom is -0.399 e. The summed E-state index contributed by atoms with van der Waals surface area (Å²) >= 11 is 0. The Labute approximate surface area is 230 Å². The second-order valence-electron chi connectivity index (χ2n) is 9.65. The number of nitrogens with one attached hydrogen (secondary N) is 2. The average molecular weight is 574 g/mol. The van der Waals surface area contributed by atoms with Gasteiger partial charge in [-0.2, -0.15) is 18.3 Å². The largest absolute Gasteiger partial charge is 0.471 e. The molecule has 0 spiro atoms. The van der Waals surface area contributed by atoms with E-state index in [2.05, 4.69) is 15.5 Å². The lowest BCUT2D eigenvalue weighted by molar-refractivity contribution is -0.171. The molecule has 41 heavy (non-hydrogen) atoms. The molecule has 4 N–H and O–H groups in total. The first-order valence-electron chi connectivity index (χ1n) is 12.6. The van der Waals surface area contributed by atoms with Crippen molar-refractivity contribution in [2.24, 2.45) is 0 Å². The van der Waals surface area contributed by atoms with Gasteiger partial charge in [-0.1, -0.05) is 6.07 Å². The molecule has 1 fully saturated rings. The molecule has 8 nitrogen and oxygen atoms in total. The number of aromatic nitrogens is 2. The highest BCUT2D eigenvalue weighted by atomic mass is 19.4. The van der Waals surface area contributed by atoms with Gasteiger partial charge in [-0.25, -0.2) is 8.78 Å². The molecule has 0 aliphatic carbocycles. The molecule has 2 heterocycles. The third-order valence-electron chi connectivity index (χ3n) is 6.73. The first kappa shape index (κ1) is 28.0. The quantitative estimate of drug-likeness (QED) is 0.213. The van der Waals surface area contributed by atoms with Crippen molar-refractivity contribution in [2.75, 3.05) is 29.2 Å². The van der Waals surface area contributed by atoms with Crippen LogP contribution in [0.3, 0.4) is 0 Å². The highest BCUT2D eigenvalue weighted by Gasteiger charge is 2.46. The zero-order valence-corrected chi connectivity index (χ0v) is 21.4. The van der Waals surface area contributed by atoms with Crippen molar-refractivity contribution >= 4 is 39.9 Å². The van der Waals surface area contributed by atoms with Crippen molar-refractivity contribution in [2.45, 2.75) is 31.5 Å². The minimum atomic E-state index is -5.20. The van der Waals surface area contributed by atoms with Crippen LogP contribution in [0.4, 0.5) is 39.1 Å². The number of fused-ring (bicyclic) bond motifs is 1. The van der Waals surface area contributed by atoms with E-state index in [9.17, 15) is 31.5 Å². The van der Waals surface area contributed by atoms with Crippen LogP contribution in [0.5, 0.6) is 0 Å².